The third-order valence-corrected chi connectivity index (χ3v) is 7.45. The quantitative estimate of drug-likeness (QED) is 0.450. The van der Waals surface area contributed by atoms with Gasteiger partial charge < -0.3 is 19.3 Å². The highest BCUT2D eigenvalue weighted by Crippen LogP contribution is 2.18. The molecule has 1 fully saturated rings. The first kappa shape index (κ1) is 25.1. The van der Waals surface area contributed by atoms with Gasteiger partial charge in [0, 0.05) is 55.6 Å². The molecule has 1 saturated heterocycles. The van der Waals surface area contributed by atoms with E-state index in [1.165, 1.54) is 11.3 Å². The second kappa shape index (κ2) is 11.6. The second-order valence-corrected chi connectivity index (χ2v) is 9.96. The van der Waals surface area contributed by atoms with E-state index in [0.29, 0.717) is 25.3 Å². The maximum absolute atomic E-state index is 13.3. The highest BCUT2D eigenvalue weighted by molar-refractivity contribution is 7.09. The smallest absolute Gasteiger partial charge is 0.273 e. The molecule has 7 nitrogen and oxygen atoms in total. The van der Waals surface area contributed by atoms with E-state index in [-0.39, 0.29) is 11.8 Å². The standard InChI is InChI=1S/C27H35N5O2S/c1-4-12-32(26(33)23-11-7-6-9-21(23)3)18-22-10-8-13-31(22)19-25-28-24(20-35-25)27(34)30-16-14-29(5-2)15-17-30/h6-11,13,20H,4-5,12,14-19H2,1-3H3. The van der Waals surface area contributed by atoms with Crippen LogP contribution in [0.2, 0.25) is 0 Å². The number of hydrogen-bond donors (Lipinski definition) is 0. The summed E-state index contributed by atoms with van der Waals surface area (Å²) in [5.74, 6) is 0.0805. The molecule has 0 saturated carbocycles. The molecular weight excluding hydrogens is 458 g/mol. The van der Waals surface area contributed by atoms with E-state index in [9.17, 15) is 9.59 Å². The van der Waals surface area contributed by atoms with Crippen molar-refractivity contribution >= 4 is 23.2 Å². The van der Waals surface area contributed by atoms with E-state index in [1.807, 2.05) is 58.6 Å². The topological polar surface area (TPSA) is 61.7 Å². The highest BCUT2D eigenvalue weighted by atomic mass is 32.1. The fourth-order valence-corrected chi connectivity index (χ4v) is 5.27. The normalized spacial score (nSPS) is 14.3. The van der Waals surface area contributed by atoms with Gasteiger partial charge in [0.05, 0.1) is 13.1 Å². The van der Waals surface area contributed by atoms with Gasteiger partial charge in [-0.3, -0.25) is 9.59 Å². The molecule has 0 unspecified atom stereocenters. The van der Waals surface area contributed by atoms with E-state index in [0.717, 1.165) is 61.0 Å². The molecule has 1 aliphatic rings. The lowest BCUT2D eigenvalue weighted by Crippen LogP contribution is -2.48. The Labute approximate surface area is 212 Å². The average Bonchev–Trinajstić information content (AvgIpc) is 3.53. The molecule has 0 bridgehead atoms. The maximum Gasteiger partial charge on any atom is 0.273 e. The van der Waals surface area contributed by atoms with Gasteiger partial charge in [-0.1, -0.05) is 32.0 Å². The van der Waals surface area contributed by atoms with Crippen LogP contribution in [0.1, 0.15) is 57.4 Å². The zero-order chi connectivity index (χ0) is 24.8. The molecule has 186 valence electrons. The Kier molecular flexibility index (Phi) is 8.36. The molecule has 1 aliphatic heterocycles. The van der Waals surface area contributed by atoms with E-state index < -0.39 is 0 Å². The summed E-state index contributed by atoms with van der Waals surface area (Å²) < 4.78 is 2.13. The van der Waals surface area contributed by atoms with Gasteiger partial charge in [0.2, 0.25) is 0 Å². The fraction of sp³-hybridized carbons (Fsp3) is 0.444. The number of benzene rings is 1. The van der Waals surface area contributed by atoms with Crippen LogP contribution in [0.4, 0.5) is 0 Å². The van der Waals surface area contributed by atoms with Crippen LogP contribution < -0.4 is 0 Å². The summed E-state index contributed by atoms with van der Waals surface area (Å²) in [6.45, 7) is 12.4. The molecule has 2 amide bonds. The van der Waals surface area contributed by atoms with E-state index in [1.54, 1.807) is 0 Å². The van der Waals surface area contributed by atoms with Gasteiger partial charge in [-0.2, -0.15) is 0 Å². The maximum atomic E-state index is 13.3. The number of thiazole rings is 1. The van der Waals surface area contributed by atoms with Crippen molar-refractivity contribution in [2.24, 2.45) is 0 Å². The minimum atomic E-state index is 0.0222. The van der Waals surface area contributed by atoms with Gasteiger partial charge in [0.1, 0.15) is 10.7 Å². The monoisotopic (exact) mass is 493 g/mol. The van der Waals surface area contributed by atoms with Crippen LogP contribution in [-0.4, -0.2) is 75.3 Å². The number of likely N-dealkylation sites (N-methyl/N-ethyl adjacent to an activating group) is 1. The zero-order valence-electron chi connectivity index (χ0n) is 20.9. The number of piperazine rings is 1. The van der Waals surface area contributed by atoms with E-state index in [4.69, 9.17) is 0 Å². The number of nitrogens with zero attached hydrogens (tertiary/aromatic N) is 5. The SMILES string of the molecule is CCCN(Cc1cccn1Cc1nc(C(=O)N2CCN(CC)CC2)cs1)C(=O)c1ccccc1C. The lowest BCUT2D eigenvalue weighted by Gasteiger charge is -2.33. The molecule has 2 aromatic heterocycles. The third-order valence-electron chi connectivity index (χ3n) is 6.62. The van der Waals surface area contributed by atoms with Crippen LogP contribution in [-0.2, 0) is 13.1 Å². The molecule has 0 N–H and O–H groups in total. The molecule has 0 atom stereocenters. The Bertz CT molecular complexity index is 1150. The summed E-state index contributed by atoms with van der Waals surface area (Å²) >= 11 is 1.52. The van der Waals surface area contributed by atoms with Gasteiger partial charge in [0.25, 0.3) is 11.8 Å². The number of aryl methyl sites for hydroxylation is 1. The molecule has 4 rings (SSSR count). The molecular formula is C27H35N5O2S. The second-order valence-electron chi connectivity index (χ2n) is 9.02. The van der Waals surface area contributed by atoms with Crippen LogP contribution in [0.25, 0.3) is 0 Å². The average molecular weight is 494 g/mol. The van der Waals surface area contributed by atoms with Gasteiger partial charge >= 0.3 is 0 Å². The lowest BCUT2D eigenvalue weighted by atomic mass is 10.1. The Balaban J connectivity index is 1.43. The van der Waals surface area contributed by atoms with Gasteiger partial charge in [-0.05, 0) is 43.7 Å². The fourth-order valence-electron chi connectivity index (χ4n) is 4.50. The molecule has 3 aromatic rings. The van der Waals surface area contributed by atoms with Gasteiger partial charge in [-0.15, -0.1) is 11.3 Å². The molecule has 0 aliphatic carbocycles. The molecule has 0 radical (unpaired) electrons. The lowest BCUT2D eigenvalue weighted by molar-refractivity contribution is 0.0637. The van der Waals surface area contributed by atoms with Crippen molar-refractivity contribution in [1.82, 2.24) is 24.3 Å². The molecule has 0 spiro atoms. The minimum absolute atomic E-state index is 0.0222. The van der Waals surface area contributed by atoms with Crippen molar-refractivity contribution in [2.45, 2.75) is 40.3 Å². The zero-order valence-corrected chi connectivity index (χ0v) is 21.8. The number of hydrogen-bond acceptors (Lipinski definition) is 5. The van der Waals surface area contributed by atoms with Gasteiger partial charge in [-0.25, -0.2) is 4.98 Å². The third kappa shape index (κ3) is 6.00. The summed E-state index contributed by atoms with van der Waals surface area (Å²) in [4.78, 5) is 37.1. The van der Waals surface area contributed by atoms with E-state index in [2.05, 4.69) is 34.4 Å². The predicted molar refractivity (Wildman–Crippen MR) is 140 cm³/mol. The molecule has 35 heavy (non-hydrogen) atoms. The van der Waals surface area contributed by atoms with Crippen molar-refractivity contribution in [3.63, 3.8) is 0 Å². The Morgan fingerprint density at radius 3 is 2.54 bits per heavy atom. The molecule has 3 heterocycles. The summed E-state index contributed by atoms with van der Waals surface area (Å²) in [7, 11) is 0. The Hall–Kier alpha value is -2.97. The van der Waals surface area contributed by atoms with Crippen LogP contribution in [0.5, 0.6) is 0 Å². The molecule has 8 heteroatoms. The van der Waals surface area contributed by atoms with Crippen molar-refractivity contribution in [2.75, 3.05) is 39.3 Å². The van der Waals surface area contributed by atoms with Crippen molar-refractivity contribution < 1.29 is 9.59 Å². The van der Waals surface area contributed by atoms with Crippen LogP contribution >= 0.6 is 11.3 Å². The number of carbonyl (C=O) groups is 2. The Morgan fingerprint density at radius 1 is 1.06 bits per heavy atom. The largest absolute Gasteiger partial charge is 0.343 e. The first-order chi connectivity index (χ1) is 17.0. The van der Waals surface area contributed by atoms with Gasteiger partial charge in [0.15, 0.2) is 0 Å². The Morgan fingerprint density at radius 2 is 1.83 bits per heavy atom. The predicted octanol–water partition coefficient (Wildman–Crippen LogP) is 4.13. The molecule has 1 aromatic carbocycles. The summed E-state index contributed by atoms with van der Waals surface area (Å²) in [5, 5.41) is 2.77. The first-order valence-electron chi connectivity index (χ1n) is 12.4. The van der Waals surface area contributed by atoms with Crippen LogP contribution in [0, 0.1) is 6.92 Å². The van der Waals surface area contributed by atoms with Crippen molar-refractivity contribution in [3.05, 3.63) is 75.5 Å². The summed E-state index contributed by atoms with van der Waals surface area (Å²) in [6.07, 6.45) is 2.91. The van der Waals surface area contributed by atoms with Crippen LogP contribution in [0.15, 0.2) is 48.0 Å². The summed E-state index contributed by atoms with van der Waals surface area (Å²) in [5.41, 5.74) is 3.33. The van der Waals surface area contributed by atoms with Crippen molar-refractivity contribution in [3.8, 4) is 0 Å². The first-order valence-corrected chi connectivity index (χ1v) is 13.3. The summed E-state index contributed by atoms with van der Waals surface area (Å²) in [6, 6.07) is 11.8. The van der Waals surface area contributed by atoms with Crippen LogP contribution in [0.3, 0.4) is 0 Å². The minimum Gasteiger partial charge on any atom is -0.343 e. The number of rotatable bonds is 9. The highest BCUT2D eigenvalue weighted by Gasteiger charge is 2.23. The number of aromatic nitrogens is 2. The number of carbonyl (C=O) groups excluding carboxylic acids is 2. The van der Waals surface area contributed by atoms with E-state index >= 15 is 0 Å². The van der Waals surface area contributed by atoms with Crippen molar-refractivity contribution in [1.29, 1.82) is 0 Å². The number of amides is 2.